The Morgan fingerprint density at radius 3 is 2.15 bits per heavy atom. The van der Waals surface area contributed by atoms with E-state index in [9.17, 15) is 26.0 Å². The Labute approximate surface area is 199 Å². The van der Waals surface area contributed by atoms with Crippen LogP contribution in [-0.4, -0.2) is 31.7 Å². The highest BCUT2D eigenvalue weighted by Gasteiger charge is 2.49. The van der Waals surface area contributed by atoms with Crippen molar-refractivity contribution in [1.82, 2.24) is 9.59 Å². The number of nitrogens with zero attached hydrogens (tertiary/aromatic N) is 2. The number of sulfonamides is 1. The molecule has 0 N–H and O–H groups in total. The summed E-state index contributed by atoms with van der Waals surface area (Å²) < 4.78 is 82.1. The van der Waals surface area contributed by atoms with Crippen LogP contribution in [0.4, 0.5) is 17.6 Å². The highest BCUT2D eigenvalue weighted by molar-refractivity contribution is 7.89. The van der Waals surface area contributed by atoms with Crippen LogP contribution < -0.4 is 0 Å². The lowest BCUT2D eigenvalue weighted by Crippen LogP contribution is -2.41. The van der Waals surface area contributed by atoms with Gasteiger partial charge in [-0.2, -0.15) is 13.2 Å². The van der Waals surface area contributed by atoms with E-state index >= 15 is 0 Å². The van der Waals surface area contributed by atoms with Crippen molar-refractivity contribution in [3.05, 3.63) is 100 Å². The summed E-state index contributed by atoms with van der Waals surface area (Å²) in [6.07, 6.45) is -4.61. The molecule has 1 heterocycles. The Hall–Kier alpha value is -2.50. The number of benzene rings is 3. The molecule has 0 spiro atoms. The summed E-state index contributed by atoms with van der Waals surface area (Å²) in [4.78, 5) is 4.96. The number of hydrogen-bond donors (Lipinski definition) is 0. The molecule has 2 atom stereocenters. The van der Waals surface area contributed by atoms with Crippen LogP contribution in [0.2, 0.25) is 5.02 Å². The third-order valence-corrected chi connectivity index (χ3v) is 7.67. The van der Waals surface area contributed by atoms with Crippen LogP contribution in [0.1, 0.15) is 28.7 Å². The van der Waals surface area contributed by atoms with Crippen LogP contribution >= 0.6 is 11.6 Å². The standard InChI is InChI=1S/C23H19ClF4N2O3S/c1-33-29-14-20(19-4-2-3-5-21(19)25)22(15-6-10-17(24)11-7-15)30(29)34(31,32)18-12-8-16(9-13-18)23(26,27)28/h2-13,20,22H,14H2,1H3. The van der Waals surface area contributed by atoms with Gasteiger partial charge in [-0.05, 0) is 53.6 Å². The molecule has 0 saturated carbocycles. The van der Waals surface area contributed by atoms with Crippen molar-refractivity contribution >= 4 is 21.6 Å². The normalized spacial score (nSPS) is 20.1. The quantitative estimate of drug-likeness (QED) is 0.403. The molecule has 0 aromatic heterocycles. The lowest BCUT2D eigenvalue weighted by Gasteiger charge is -2.30. The topological polar surface area (TPSA) is 49.9 Å². The van der Waals surface area contributed by atoms with Gasteiger partial charge in [0.05, 0.1) is 30.2 Å². The molecule has 3 aromatic carbocycles. The first-order valence-corrected chi connectivity index (χ1v) is 11.9. The van der Waals surface area contributed by atoms with Crippen LogP contribution in [0.25, 0.3) is 0 Å². The van der Waals surface area contributed by atoms with Gasteiger partial charge in [-0.15, -0.1) is 5.17 Å². The first kappa shape index (κ1) is 24.6. The second kappa shape index (κ2) is 9.27. The van der Waals surface area contributed by atoms with Gasteiger partial charge < -0.3 is 0 Å². The van der Waals surface area contributed by atoms with Gasteiger partial charge in [-0.25, -0.2) is 12.8 Å². The van der Waals surface area contributed by atoms with Crippen molar-refractivity contribution in [1.29, 1.82) is 0 Å². The summed E-state index contributed by atoms with van der Waals surface area (Å²) in [5.41, 5.74) is -0.197. The summed E-state index contributed by atoms with van der Waals surface area (Å²) in [5, 5.41) is 1.49. The third-order valence-electron chi connectivity index (χ3n) is 5.64. The van der Waals surface area contributed by atoms with E-state index in [1.54, 1.807) is 36.4 Å². The number of hydrogen-bond acceptors (Lipinski definition) is 4. The van der Waals surface area contributed by atoms with Gasteiger partial charge in [-0.1, -0.05) is 46.3 Å². The lowest BCUT2D eigenvalue weighted by atomic mass is 9.88. The van der Waals surface area contributed by atoms with E-state index < -0.39 is 39.5 Å². The fourth-order valence-electron chi connectivity index (χ4n) is 4.05. The minimum Gasteiger partial charge on any atom is -0.286 e. The Kier molecular flexibility index (Phi) is 6.71. The molecule has 1 aliphatic heterocycles. The van der Waals surface area contributed by atoms with Crippen LogP contribution in [0.3, 0.4) is 0 Å². The molecule has 0 aliphatic carbocycles. The van der Waals surface area contributed by atoms with Crippen LogP contribution in [-0.2, 0) is 21.0 Å². The molecule has 1 fully saturated rings. The summed E-state index contributed by atoms with van der Waals surface area (Å²) >= 11 is 6.01. The summed E-state index contributed by atoms with van der Waals surface area (Å²) in [6.45, 7) is -0.0232. The second-order valence-corrected chi connectivity index (χ2v) is 9.87. The average molecular weight is 515 g/mol. The molecular weight excluding hydrogens is 496 g/mol. The fourth-order valence-corrected chi connectivity index (χ4v) is 5.82. The van der Waals surface area contributed by atoms with E-state index in [2.05, 4.69) is 0 Å². The largest absolute Gasteiger partial charge is 0.416 e. The molecule has 4 rings (SSSR count). The number of halogens is 5. The zero-order valence-corrected chi connectivity index (χ0v) is 19.3. The molecule has 0 radical (unpaired) electrons. The fraction of sp³-hybridized carbons (Fsp3) is 0.217. The number of rotatable bonds is 5. The molecule has 0 bridgehead atoms. The van der Waals surface area contributed by atoms with Crippen molar-refractivity contribution in [2.24, 2.45) is 0 Å². The number of hydroxylamine groups is 1. The van der Waals surface area contributed by atoms with Gasteiger partial charge in [0.15, 0.2) is 0 Å². The zero-order valence-electron chi connectivity index (χ0n) is 17.7. The maximum absolute atomic E-state index is 14.8. The maximum Gasteiger partial charge on any atom is 0.416 e. The molecule has 3 aromatic rings. The van der Waals surface area contributed by atoms with Crippen LogP contribution in [0, 0.1) is 5.82 Å². The van der Waals surface area contributed by atoms with Gasteiger partial charge in [0.25, 0.3) is 10.0 Å². The van der Waals surface area contributed by atoms with Gasteiger partial charge in [0.1, 0.15) is 5.82 Å². The lowest BCUT2D eigenvalue weighted by molar-refractivity contribution is -0.212. The molecule has 11 heteroatoms. The molecule has 180 valence electrons. The summed E-state index contributed by atoms with van der Waals surface area (Å²) in [5.74, 6) is -1.21. The smallest absolute Gasteiger partial charge is 0.286 e. The molecule has 2 unspecified atom stereocenters. The minimum absolute atomic E-state index is 0.0232. The summed E-state index contributed by atoms with van der Waals surface area (Å²) in [7, 11) is -3.15. The molecule has 5 nitrogen and oxygen atoms in total. The van der Waals surface area contributed by atoms with E-state index in [4.69, 9.17) is 16.4 Å². The molecule has 1 saturated heterocycles. The van der Waals surface area contributed by atoms with E-state index in [0.29, 0.717) is 22.7 Å². The van der Waals surface area contributed by atoms with Crippen LogP contribution in [0.15, 0.2) is 77.7 Å². The molecule has 1 aliphatic rings. The molecular formula is C23H19ClF4N2O3S. The highest BCUT2D eigenvalue weighted by atomic mass is 35.5. The van der Waals surface area contributed by atoms with E-state index in [1.165, 1.54) is 19.2 Å². The van der Waals surface area contributed by atoms with Gasteiger partial charge in [0, 0.05) is 10.9 Å². The predicted octanol–water partition coefficient (Wildman–Crippen LogP) is 5.81. The van der Waals surface area contributed by atoms with Crippen molar-refractivity contribution < 1.29 is 30.8 Å². The zero-order chi connectivity index (χ0) is 24.7. The van der Waals surface area contributed by atoms with Gasteiger partial charge in [0.2, 0.25) is 0 Å². The van der Waals surface area contributed by atoms with Crippen molar-refractivity contribution in [3.63, 3.8) is 0 Å². The van der Waals surface area contributed by atoms with Gasteiger partial charge >= 0.3 is 6.18 Å². The minimum atomic E-state index is -4.61. The molecule has 0 amide bonds. The average Bonchev–Trinajstić information content (AvgIpc) is 3.20. The van der Waals surface area contributed by atoms with Crippen molar-refractivity contribution in [3.8, 4) is 0 Å². The second-order valence-electron chi connectivity index (χ2n) is 7.64. The SMILES string of the molecule is CON1CC(c2ccccc2F)C(c2ccc(Cl)cc2)N1S(=O)(=O)c1ccc(C(F)(F)F)cc1. The first-order chi connectivity index (χ1) is 16.0. The van der Waals surface area contributed by atoms with E-state index in [0.717, 1.165) is 21.7 Å². The highest BCUT2D eigenvalue weighted by Crippen LogP contribution is 2.47. The third kappa shape index (κ3) is 4.56. The van der Waals surface area contributed by atoms with E-state index in [-0.39, 0.29) is 17.0 Å². The Morgan fingerprint density at radius 2 is 1.59 bits per heavy atom. The first-order valence-electron chi connectivity index (χ1n) is 10.1. The van der Waals surface area contributed by atoms with Crippen molar-refractivity contribution in [2.45, 2.75) is 23.0 Å². The van der Waals surface area contributed by atoms with E-state index in [1.807, 2.05) is 0 Å². The number of hydrazine groups is 1. The Bertz CT molecular complexity index is 1270. The summed E-state index contributed by atoms with van der Waals surface area (Å²) in [6, 6.07) is 14.6. The Balaban J connectivity index is 1.85. The molecule has 34 heavy (non-hydrogen) atoms. The Morgan fingerprint density at radius 1 is 0.971 bits per heavy atom. The number of alkyl halides is 3. The van der Waals surface area contributed by atoms with Gasteiger partial charge in [-0.3, -0.25) is 4.84 Å². The predicted molar refractivity (Wildman–Crippen MR) is 118 cm³/mol. The monoisotopic (exact) mass is 514 g/mol. The maximum atomic E-state index is 14.8. The van der Waals surface area contributed by atoms with Crippen LogP contribution in [0.5, 0.6) is 0 Å². The van der Waals surface area contributed by atoms with Crippen molar-refractivity contribution in [2.75, 3.05) is 13.7 Å².